The maximum atomic E-state index is 2.54. The van der Waals surface area contributed by atoms with Gasteiger partial charge < -0.3 is 0 Å². The molecule has 1 aliphatic rings. The number of allylic oxidation sites excluding steroid dienone is 4. The van der Waals surface area contributed by atoms with Crippen molar-refractivity contribution in [1.82, 2.24) is 0 Å². The van der Waals surface area contributed by atoms with Gasteiger partial charge in [0.1, 0.15) is 0 Å². The lowest BCUT2D eigenvalue weighted by molar-refractivity contribution is 0.607. The second kappa shape index (κ2) is 9.74. The topological polar surface area (TPSA) is 0 Å². The summed E-state index contributed by atoms with van der Waals surface area (Å²) < 4.78 is 0. The molecule has 2 rings (SSSR count). The van der Waals surface area contributed by atoms with Crippen LogP contribution in [0.3, 0.4) is 0 Å². The summed E-state index contributed by atoms with van der Waals surface area (Å²) in [6, 6.07) is 0. The Morgan fingerprint density at radius 1 is 0.769 bits per heavy atom. The lowest BCUT2D eigenvalue weighted by Gasteiger charge is -2.22. The molecule has 0 bridgehead atoms. The number of hydrogen-bond donors (Lipinski definition) is 0. The standard InChI is InChI=1S/C25H40Si/c1-8-10-12-14-23-16-15-22(13-11-9-2)25(23)26-24-20(6)18(4)17(3)19(5)21(24)7/h15-16,23H,8-14,26H2,1-7H3. The average Bonchev–Trinajstić information content (AvgIpc) is 3.02. The van der Waals surface area contributed by atoms with Gasteiger partial charge in [0, 0.05) is 0 Å². The zero-order valence-electron chi connectivity index (χ0n) is 18.4. The van der Waals surface area contributed by atoms with Gasteiger partial charge in [0.2, 0.25) is 0 Å². The molecule has 1 atom stereocenters. The molecule has 0 amide bonds. The lowest BCUT2D eigenvalue weighted by Crippen LogP contribution is -2.28. The predicted molar refractivity (Wildman–Crippen MR) is 122 cm³/mol. The van der Waals surface area contributed by atoms with Crippen molar-refractivity contribution in [2.45, 2.75) is 93.4 Å². The van der Waals surface area contributed by atoms with Crippen LogP contribution >= 0.6 is 0 Å². The molecule has 0 N–H and O–H groups in total. The molecule has 0 fully saturated rings. The molecule has 0 heterocycles. The highest BCUT2D eigenvalue weighted by Gasteiger charge is 2.23. The lowest BCUT2D eigenvalue weighted by atomic mass is 9.95. The van der Waals surface area contributed by atoms with E-state index in [9.17, 15) is 0 Å². The summed E-state index contributed by atoms with van der Waals surface area (Å²) in [5.74, 6) is 0.737. The van der Waals surface area contributed by atoms with Crippen LogP contribution < -0.4 is 5.19 Å². The maximum absolute atomic E-state index is 2.54. The number of hydrogen-bond acceptors (Lipinski definition) is 0. The molecular formula is C25H40Si. The Kier molecular flexibility index (Phi) is 7.95. The summed E-state index contributed by atoms with van der Waals surface area (Å²) in [7, 11) is -0.392. The molecule has 1 aromatic rings. The largest absolute Gasteiger partial charge is 0.0842 e. The van der Waals surface area contributed by atoms with Gasteiger partial charge in [-0.25, -0.2) is 0 Å². The van der Waals surface area contributed by atoms with Gasteiger partial charge in [-0.3, -0.25) is 0 Å². The number of rotatable bonds is 9. The van der Waals surface area contributed by atoms with Crippen LogP contribution in [0.25, 0.3) is 0 Å². The van der Waals surface area contributed by atoms with Crippen LogP contribution in [0.2, 0.25) is 0 Å². The van der Waals surface area contributed by atoms with E-state index in [0.717, 1.165) is 5.92 Å². The first-order valence-electron chi connectivity index (χ1n) is 10.9. The van der Waals surface area contributed by atoms with Crippen LogP contribution in [0.5, 0.6) is 0 Å². The minimum absolute atomic E-state index is 0.392. The van der Waals surface area contributed by atoms with Crippen molar-refractivity contribution in [3.05, 3.63) is 50.7 Å². The van der Waals surface area contributed by atoms with E-state index in [0.29, 0.717) is 0 Å². The minimum atomic E-state index is -0.392. The van der Waals surface area contributed by atoms with Crippen molar-refractivity contribution in [2.75, 3.05) is 0 Å². The quantitative estimate of drug-likeness (QED) is 0.358. The molecule has 0 aliphatic heterocycles. The van der Waals surface area contributed by atoms with Crippen LogP contribution in [0.15, 0.2) is 22.9 Å². The van der Waals surface area contributed by atoms with E-state index < -0.39 is 9.52 Å². The number of benzene rings is 1. The van der Waals surface area contributed by atoms with Crippen molar-refractivity contribution in [2.24, 2.45) is 5.92 Å². The summed E-state index contributed by atoms with van der Waals surface area (Å²) >= 11 is 0. The van der Waals surface area contributed by atoms with Crippen LogP contribution in [0.4, 0.5) is 0 Å². The third-order valence-corrected chi connectivity index (χ3v) is 9.60. The first-order chi connectivity index (χ1) is 12.4. The molecule has 0 aromatic heterocycles. The van der Waals surface area contributed by atoms with Gasteiger partial charge in [0.05, 0.1) is 9.52 Å². The van der Waals surface area contributed by atoms with Crippen LogP contribution in [-0.2, 0) is 0 Å². The van der Waals surface area contributed by atoms with Gasteiger partial charge in [-0.1, -0.05) is 67.6 Å². The van der Waals surface area contributed by atoms with Gasteiger partial charge >= 0.3 is 0 Å². The highest BCUT2D eigenvalue weighted by atomic mass is 28.2. The fourth-order valence-electron chi connectivity index (χ4n) is 4.47. The average molecular weight is 369 g/mol. The molecule has 1 heteroatoms. The Labute approximate surface area is 165 Å². The molecular weight excluding hydrogens is 328 g/mol. The van der Waals surface area contributed by atoms with Crippen LogP contribution in [0.1, 0.15) is 86.6 Å². The molecule has 0 spiro atoms. The van der Waals surface area contributed by atoms with Crippen molar-refractivity contribution in [1.29, 1.82) is 0 Å². The van der Waals surface area contributed by atoms with E-state index in [1.54, 1.807) is 21.9 Å². The summed E-state index contributed by atoms with van der Waals surface area (Å²) in [6.07, 6.45) is 14.4. The van der Waals surface area contributed by atoms with Gasteiger partial charge in [0.15, 0.2) is 0 Å². The monoisotopic (exact) mass is 368 g/mol. The second-order valence-corrected chi connectivity index (χ2v) is 10.2. The molecule has 1 aromatic carbocycles. The fraction of sp³-hybridized carbons (Fsp3) is 0.600. The molecule has 0 saturated heterocycles. The van der Waals surface area contributed by atoms with Gasteiger partial charge in [-0.15, -0.1) is 0 Å². The summed E-state index contributed by atoms with van der Waals surface area (Å²) in [5, 5.41) is 3.60. The molecule has 144 valence electrons. The van der Waals surface area contributed by atoms with E-state index >= 15 is 0 Å². The maximum Gasteiger partial charge on any atom is 0.0842 e. The molecule has 0 nitrogen and oxygen atoms in total. The van der Waals surface area contributed by atoms with Crippen molar-refractivity contribution < 1.29 is 0 Å². The minimum Gasteiger partial charge on any atom is -0.0775 e. The molecule has 26 heavy (non-hydrogen) atoms. The summed E-state index contributed by atoms with van der Waals surface area (Å²) in [5.41, 5.74) is 9.42. The van der Waals surface area contributed by atoms with Gasteiger partial charge in [0.25, 0.3) is 0 Å². The zero-order chi connectivity index (χ0) is 19.3. The first kappa shape index (κ1) is 21.2. The molecule has 1 unspecified atom stereocenters. The predicted octanol–water partition coefficient (Wildman–Crippen LogP) is 6.23. The Hall–Kier alpha value is -1.08. The Balaban J connectivity index is 2.36. The third kappa shape index (κ3) is 4.60. The van der Waals surface area contributed by atoms with E-state index in [1.807, 2.05) is 5.20 Å². The smallest absolute Gasteiger partial charge is 0.0775 e. The molecule has 1 aliphatic carbocycles. The van der Waals surface area contributed by atoms with E-state index in [1.165, 1.54) is 61.6 Å². The Bertz CT molecular complexity index is 662. The van der Waals surface area contributed by atoms with Crippen LogP contribution in [0, 0.1) is 40.5 Å². The highest BCUT2D eigenvalue weighted by molar-refractivity contribution is 6.62. The molecule has 0 saturated carbocycles. The van der Waals surface area contributed by atoms with Crippen LogP contribution in [-0.4, -0.2) is 9.52 Å². The van der Waals surface area contributed by atoms with E-state index in [2.05, 4.69) is 60.6 Å². The van der Waals surface area contributed by atoms with Crippen molar-refractivity contribution >= 4 is 14.7 Å². The fourth-order valence-corrected chi connectivity index (χ4v) is 7.03. The summed E-state index contributed by atoms with van der Waals surface area (Å²) in [4.78, 5) is 0. The Morgan fingerprint density at radius 2 is 1.35 bits per heavy atom. The zero-order valence-corrected chi connectivity index (χ0v) is 19.8. The van der Waals surface area contributed by atoms with E-state index in [4.69, 9.17) is 0 Å². The summed E-state index contributed by atoms with van der Waals surface area (Å²) in [6.45, 7) is 16.3. The Morgan fingerprint density at radius 3 is 1.92 bits per heavy atom. The first-order valence-corrected chi connectivity index (χ1v) is 12.3. The SMILES string of the molecule is CCCCCC1C=CC(CCCC)=C1[SiH2]c1c(C)c(C)c(C)c(C)c1C. The molecule has 0 radical (unpaired) electrons. The normalized spacial score (nSPS) is 17.3. The third-order valence-electron chi connectivity index (χ3n) is 6.83. The number of unbranched alkanes of at least 4 members (excludes halogenated alkanes) is 3. The van der Waals surface area contributed by atoms with Crippen molar-refractivity contribution in [3.8, 4) is 0 Å². The van der Waals surface area contributed by atoms with Crippen molar-refractivity contribution in [3.63, 3.8) is 0 Å². The van der Waals surface area contributed by atoms with Gasteiger partial charge in [-0.05, 0) is 87.6 Å². The van der Waals surface area contributed by atoms with E-state index in [-0.39, 0.29) is 0 Å². The second-order valence-electron chi connectivity index (χ2n) is 8.40. The highest BCUT2D eigenvalue weighted by Crippen LogP contribution is 2.32. The van der Waals surface area contributed by atoms with Gasteiger partial charge in [-0.2, -0.15) is 0 Å².